The summed E-state index contributed by atoms with van der Waals surface area (Å²) < 4.78 is 5.85. The number of hydrogen-bond donors (Lipinski definition) is 1. The fraction of sp³-hybridized carbons (Fsp3) is 0.133. The molecule has 2 heterocycles. The normalized spacial score (nSPS) is 17.8. The van der Waals surface area contributed by atoms with E-state index in [0.29, 0.717) is 5.69 Å². The van der Waals surface area contributed by atoms with Gasteiger partial charge in [0.05, 0.1) is 10.9 Å². The average Bonchev–Trinajstić information content (AvgIpc) is 3.02. The van der Waals surface area contributed by atoms with Crippen LogP contribution in [-0.4, -0.2) is 4.98 Å². The summed E-state index contributed by atoms with van der Waals surface area (Å²) in [6.45, 7) is 0. The van der Waals surface area contributed by atoms with Crippen molar-refractivity contribution in [3.8, 4) is 0 Å². The zero-order chi connectivity index (χ0) is 12.8. The molecule has 1 aliphatic rings. The molecule has 1 unspecified atom stereocenters. The summed E-state index contributed by atoms with van der Waals surface area (Å²) in [5.74, 6) is 0.772. The molecule has 1 aliphatic heterocycles. The molecule has 3 aromatic rings. The van der Waals surface area contributed by atoms with Crippen molar-refractivity contribution in [1.29, 1.82) is 0 Å². The lowest BCUT2D eigenvalue weighted by molar-refractivity contribution is 0.525. The minimum absolute atomic E-state index is 0.254. The van der Waals surface area contributed by atoms with Crippen molar-refractivity contribution in [2.24, 2.45) is 0 Å². The van der Waals surface area contributed by atoms with E-state index in [9.17, 15) is 0 Å². The van der Waals surface area contributed by atoms with Gasteiger partial charge >= 0.3 is 0 Å². The number of rotatable bonds is 1. The Morgan fingerprint density at radius 1 is 1.16 bits per heavy atom. The second-order valence-corrected chi connectivity index (χ2v) is 5.91. The maximum absolute atomic E-state index is 5.92. The Labute approximate surface area is 114 Å². The first kappa shape index (κ1) is 10.9. The number of benzene rings is 2. The maximum Gasteiger partial charge on any atom is 0.209 e. The molecule has 2 aromatic carbocycles. The number of thioether (sulfide) groups is 1. The highest BCUT2D eigenvalue weighted by molar-refractivity contribution is 7.99. The monoisotopic (exact) mass is 268 g/mol. The Morgan fingerprint density at radius 3 is 2.89 bits per heavy atom. The molecule has 1 atom stereocenters. The van der Waals surface area contributed by atoms with E-state index in [4.69, 9.17) is 10.2 Å². The number of para-hydroxylation sites is 1. The first-order valence-electron chi connectivity index (χ1n) is 6.21. The Balaban J connectivity index is 1.75. The molecular weight excluding hydrogens is 256 g/mol. The van der Waals surface area contributed by atoms with Crippen molar-refractivity contribution in [1.82, 2.24) is 4.98 Å². The van der Waals surface area contributed by atoms with Crippen LogP contribution < -0.4 is 5.73 Å². The number of nitrogen functional groups attached to an aromatic ring is 1. The van der Waals surface area contributed by atoms with Crippen molar-refractivity contribution >= 4 is 28.5 Å². The molecule has 19 heavy (non-hydrogen) atoms. The summed E-state index contributed by atoms with van der Waals surface area (Å²) in [4.78, 5) is 5.89. The van der Waals surface area contributed by atoms with Gasteiger partial charge in [-0.1, -0.05) is 24.3 Å². The van der Waals surface area contributed by atoms with Gasteiger partial charge in [0.25, 0.3) is 0 Å². The van der Waals surface area contributed by atoms with Crippen LogP contribution in [0.25, 0.3) is 11.1 Å². The van der Waals surface area contributed by atoms with Crippen LogP contribution in [0, 0.1) is 0 Å². The Kier molecular flexibility index (Phi) is 2.32. The smallest absolute Gasteiger partial charge is 0.209 e. The number of fused-ring (bicyclic) bond motifs is 2. The Morgan fingerprint density at radius 2 is 2.05 bits per heavy atom. The number of hydrogen-bond acceptors (Lipinski definition) is 4. The molecule has 1 aromatic heterocycles. The average molecular weight is 268 g/mol. The lowest BCUT2D eigenvalue weighted by Gasteiger charge is -2.00. The highest BCUT2D eigenvalue weighted by Gasteiger charge is 2.27. The molecule has 0 spiro atoms. The van der Waals surface area contributed by atoms with Crippen LogP contribution >= 0.6 is 11.8 Å². The number of nitrogens with two attached hydrogens (primary N) is 1. The van der Waals surface area contributed by atoms with Gasteiger partial charge in [-0.05, 0) is 30.2 Å². The van der Waals surface area contributed by atoms with E-state index in [1.54, 1.807) is 0 Å². The predicted molar refractivity (Wildman–Crippen MR) is 77.2 cm³/mol. The molecule has 4 heteroatoms. The molecule has 0 saturated heterocycles. The van der Waals surface area contributed by atoms with E-state index < -0.39 is 0 Å². The molecule has 0 fully saturated rings. The SMILES string of the molecule is Nc1cccc2oc(C3Cc4ccccc4S3)nc12. The number of aromatic nitrogens is 1. The van der Waals surface area contributed by atoms with Crippen molar-refractivity contribution in [2.45, 2.75) is 16.6 Å². The summed E-state index contributed by atoms with van der Waals surface area (Å²) in [6, 6.07) is 14.1. The van der Waals surface area contributed by atoms with Crippen LogP contribution in [-0.2, 0) is 6.42 Å². The van der Waals surface area contributed by atoms with E-state index in [-0.39, 0.29) is 5.25 Å². The number of oxazole rings is 1. The van der Waals surface area contributed by atoms with Crippen molar-refractivity contribution in [3.63, 3.8) is 0 Å². The van der Waals surface area contributed by atoms with Gasteiger partial charge < -0.3 is 10.2 Å². The van der Waals surface area contributed by atoms with E-state index in [1.165, 1.54) is 10.5 Å². The van der Waals surface area contributed by atoms with Crippen molar-refractivity contribution < 1.29 is 4.42 Å². The molecule has 94 valence electrons. The molecule has 0 saturated carbocycles. The topological polar surface area (TPSA) is 52.0 Å². The summed E-state index contributed by atoms with van der Waals surface area (Å²) in [5, 5.41) is 0.254. The minimum atomic E-state index is 0.254. The van der Waals surface area contributed by atoms with Crippen LogP contribution in [0.15, 0.2) is 51.8 Å². The number of anilines is 1. The third-order valence-electron chi connectivity index (χ3n) is 3.39. The standard InChI is InChI=1S/C15H12N2OS/c16-10-5-3-6-11-14(10)17-15(18-11)13-8-9-4-1-2-7-12(9)19-13/h1-7,13H,8,16H2. The van der Waals surface area contributed by atoms with E-state index in [1.807, 2.05) is 30.0 Å². The van der Waals surface area contributed by atoms with Gasteiger partial charge in [0.15, 0.2) is 5.58 Å². The summed E-state index contributed by atoms with van der Waals surface area (Å²) >= 11 is 1.81. The molecule has 0 radical (unpaired) electrons. The van der Waals surface area contributed by atoms with E-state index in [0.717, 1.165) is 23.4 Å². The summed E-state index contributed by atoms with van der Waals surface area (Å²) in [5.41, 5.74) is 9.51. The van der Waals surface area contributed by atoms with Gasteiger partial charge in [-0.25, -0.2) is 4.98 Å². The van der Waals surface area contributed by atoms with Gasteiger partial charge in [0, 0.05) is 4.90 Å². The molecular formula is C15H12N2OS. The molecule has 0 amide bonds. The fourth-order valence-corrected chi connectivity index (χ4v) is 3.68. The van der Waals surface area contributed by atoms with Crippen LogP contribution in [0.5, 0.6) is 0 Å². The summed E-state index contributed by atoms with van der Waals surface area (Å²) in [7, 11) is 0. The highest BCUT2D eigenvalue weighted by Crippen LogP contribution is 2.46. The Bertz CT molecular complexity index is 741. The molecule has 0 bridgehead atoms. The van der Waals surface area contributed by atoms with Crippen molar-refractivity contribution in [2.75, 3.05) is 5.73 Å². The summed E-state index contributed by atoms with van der Waals surface area (Å²) in [6.07, 6.45) is 0.966. The first-order valence-corrected chi connectivity index (χ1v) is 7.09. The highest BCUT2D eigenvalue weighted by atomic mass is 32.2. The van der Waals surface area contributed by atoms with Gasteiger partial charge in [-0.2, -0.15) is 0 Å². The van der Waals surface area contributed by atoms with Gasteiger partial charge in [-0.3, -0.25) is 0 Å². The minimum Gasteiger partial charge on any atom is -0.439 e. The maximum atomic E-state index is 5.92. The molecule has 4 rings (SSSR count). The van der Waals surface area contributed by atoms with E-state index in [2.05, 4.69) is 29.2 Å². The van der Waals surface area contributed by atoms with Crippen molar-refractivity contribution in [3.05, 3.63) is 53.9 Å². The number of nitrogens with zero attached hydrogens (tertiary/aromatic N) is 1. The van der Waals surface area contributed by atoms with Crippen LogP contribution in [0.4, 0.5) is 5.69 Å². The predicted octanol–water partition coefficient (Wildman–Crippen LogP) is 3.80. The quantitative estimate of drug-likeness (QED) is 0.682. The zero-order valence-electron chi connectivity index (χ0n) is 10.2. The third-order valence-corrected chi connectivity index (χ3v) is 4.69. The second-order valence-electron chi connectivity index (χ2n) is 4.66. The van der Waals surface area contributed by atoms with Gasteiger partial charge in [0.2, 0.25) is 5.89 Å². The second kappa shape index (κ2) is 4.03. The van der Waals surface area contributed by atoms with Crippen LogP contribution in [0.1, 0.15) is 16.7 Å². The molecule has 0 aliphatic carbocycles. The van der Waals surface area contributed by atoms with Gasteiger partial charge in [0.1, 0.15) is 5.52 Å². The van der Waals surface area contributed by atoms with E-state index >= 15 is 0 Å². The molecule has 3 nitrogen and oxygen atoms in total. The zero-order valence-corrected chi connectivity index (χ0v) is 11.0. The van der Waals surface area contributed by atoms with Gasteiger partial charge in [-0.15, -0.1) is 11.8 Å². The van der Waals surface area contributed by atoms with Crippen LogP contribution in [0.2, 0.25) is 0 Å². The first-order chi connectivity index (χ1) is 9.31. The Hall–Kier alpha value is -1.94. The largest absolute Gasteiger partial charge is 0.439 e. The fourth-order valence-electron chi connectivity index (χ4n) is 2.44. The molecule has 2 N–H and O–H groups in total. The lowest BCUT2D eigenvalue weighted by atomic mass is 10.1. The van der Waals surface area contributed by atoms with Crippen LogP contribution in [0.3, 0.4) is 0 Å². The lowest BCUT2D eigenvalue weighted by Crippen LogP contribution is -1.92. The third kappa shape index (κ3) is 1.71.